The predicted molar refractivity (Wildman–Crippen MR) is 72.2 cm³/mol. The van der Waals surface area contributed by atoms with Gasteiger partial charge in [0.1, 0.15) is 29.7 Å². The molecule has 4 N–H and O–H groups in total. The second-order valence-corrected chi connectivity index (χ2v) is 5.20. The van der Waals surface area contributed by atoms with E-state index in [2.05, 4.69) is 10.1 Å². The monoisotopic (exact) mass is 296 g/mol. The first-order valence-corrected chi connectivity index (χ1v) is 6.73. The fraction of sp³-hybridized carbons (Fsp3) is 0.538. The number of alkyl halides is 1. The van der Waals surface area contributed by atoms with E-state index in [1.807, 2.05) is 0 Å². The number of hydrogen-bond acceptors (Lipinski definition) is 6. The van der Waals surface area contributed by atoms with Gasteiger partial charge in [0, 0.05) is 0 Å². The van der Waals surface area contributed by atoms with Crippen LogP contribution in [-0.4, -0.2) is 49.3 Å². The molecule has 0 amide bonds. The summed E-state index contributed by atoms with van der Waals surface area (Å²) in [6.45, 7) is 1.27. The molecular formula is C13H17FN4O3. The molecule has 8 heteroatoms. The Morgan fingerprint density at radius 2 is 2.29 bits per heavy atom. The maximum Gasteiger partial charge on any atom is 0.160 e. The van der Waals surface area contributed by atoms with Crippen molar-refractivity contribution in [3.8, 4) is 0 Å². The lowest BCUT2D eigenvalue weighted by molar-refractivity contribution is -0.115. The average molecular weight is 296 g/mol. The van der Waals surface area contributed by atoms with Crippen LogP contribution in [0.2, 0.25) is 0 Å². The third-order valence-electron chi connectivity index (χ3n) is 4.16. The summed E-state index contributed by atoms with van der Waals surface area (Å²) < 4.78 is 21.6. The highest BCUT2D eigenvalue weighted by Crippen LogP contribution is 2.43. The van der Waals surface area contributed by atoms with Crippen LogP contribution in [0.5, 0.6) is 0 Å². The molecule has 1 saturated heterocycles. The van der Waals surface area contributed by atoms with Crippen molar-refractivity contribution in [3.63, 3.8) is 0 Å². The van der Waals surface area contributed by atoms with Gasteiger partial charge in [0.05, 0.1) is 12.3 Å². The van der Waals surface area contributed by atoms with Crippen LogP contribution < -0.4 is 5.73 Å². The quantitative estimate of drug-likeness (QED) is 0.748. The Morgan fingerprint density at radius 1 is 1.52 bits per heavy atom. The zero-order chi connectivity index (χ0) is 15.2. The van der Waals surface area contributed by atoms with Gasteiger partial charge in [-0.15, -0.1) is 0 Å². The number of ether oxygens (including phenoxy) is 1. The van der Waals surface area contributed by atoms with E-state index in [-0.39, 0.29) is 5.82 Å². The van der Waals surface area contributed by atoms with Crippen LogP contribution in [0.4, 0.5) is 10.2 Å². The van der Waals surface area contributed by atoms with Crippen molar-refractivity contribution in [1.82, 2.24) is 14.6 Å². The van der Waals surface area contributed by atoms with E-state index in [1.54, 1.807) is 19.1 Å². The standard InChI is InChI=1S/C13H17FN4O3/c1-2-13(5-19)11(20)9(14)10(21-13)7-3-4-8-12(15)16-6-17-18(7)8/h3-4,6,9-11,19-20H,2,5H2,1H3,(H2,15,16,17)/t9-,10-,11-,13+/m0/s1. The van der Waals surface area contributed by atoms with Crippen LogP contribution in [0.3, 0.4) is 0 Å². The Balaban J connectivity index is 2.06. The summed E-state index contributed by atoms with van der Waals surface area (Å²) in [4.78, 5) is 3.86. The number of fused-ring (bicyclic) bond motifs is 1. The average Bonchev–Trinajstić information content (AvgIpc) is 3.02. The molecule has 1 aliphatic heterocycles. The number of halogens is 1. The summed E-state index contributed by atoms with van der Waals surface area (Å²) in [5.74, 6) is 0.272. The van der Waals surface area contributed by atoms with Crippen LogP contribution >= 0.6 is 0 Å². The van der Waals surface area contributed by atoms with E-state index in [0.29, 0.717) is 17.6 Å². The van der Waals surface area contributed by atoms with E-state index in [4.69, 9.17) is 10.5 Å². The lowest BCUT2D eigenvalue weighted by Crippen LogP contribution is -2.44. The summed E-state index contributed by atoms with van der Waals surface area (Å²) in [6, 6.07) is 3.30. The predicted octanol–water partition coefficient (Wildman–Crippen LogP) is 0.223. The van der Waals surface area contributed by atoms with Gasteiger partial charge in [-0.1, -0.05) is 6.92 Å². The minimum atomic E-state index is -1.66. The third kappa shape index (κ3) is 1.90. The summed E-state index contributed by atoms with van der Waals surface area (Å²) in [5, 5.41) is 23.6. The Bertz CT molecular complexity index is 658. The number of anilines is 1. The minimum absolute atomic E-state index is 0.272. The lowest BCUT2D eigenvalue weighted by Gasteiger charge is -2.28. The van der Waals surface area contributed by atoms with E-state index < -0.39 is 30.6 Å². The van der Waals surface area contributed by atoms with Crippen molar-refractivity contribution >= 4 is 11.3 Å². The molecule has 0 radical (unpaired) electrons. The van der Waals surface area contributed by atoms with Crippen LogP contribution in [0.1, 0.15) is 25.1 Å². The Morgan fingerprint density at radius 3 is 2.90 bits per heavy atom. The molecule has 114 valence electrons. The summed E-state index contributed by atoms with van der Waals surface area (Å²) >= 11 is 0. The highest BCUT2D eigenvalue weighted by molar-refractivity contribution is 5.65. The summed E-state index contributed by atoms with van der Waals surface area (Å²) in [7, 11) is 0. The first-order chi connectivity index (χ1) is 10.0. The molecule has 0 saturated carbocycles. The third-order valence-corrected chi connectivity index (χ3v) is 4.16. The van der Waals surface area contributed by atoms with Gasteiger partial charge in [0.25, 0.3) is 0 Å². The number of rotatable bonds is 3. The normalized spacial score (nSPS) is 32.9. The largest absolute Gasteiger partial charge is 0.393 e. The number of aromatic nitrogens is 3. The summed E-state index contributed by atoms with van der Waals surface area (Å²) in [6.07, 6.45) is -2.52. The molecule has 2 aromatic heterocycles. The van der Waals surface area contributed by atoms with Gasteiger partial charge in [-0.3, -0.25) is 0 Å². The maximum absolute atomic E-state index is 14.5. The Kier molecular flexibility index (Phi) is 3.31. The molecule has 1 fully saturated rings. The van der Waals surface area contributed by atoms with Crippen LogP contribution in [-0.2, 0) is 4.74 Å². The molecule has 2 aromatic rings. The van der Waals surface area contributed by atoms with E-state index in [9.17, 15) is 14.6 Å². The lowest BCUT2D eigenvalue weighted by atomic mass is 9.93. The van der Waals surface area contributed by atoms with Gasteiger partial charge < -0.3 is 20.7 Å². The highest BCUT2D eigenvalue weighted by atomic mass is 19.1. The van der Waals surface area contributed by atoms with E-state index >= 15 is 0 Å². The molecular weight excluding hydrogens is 279 g/mol. The van der Waals surface area contributed by atoms with Gasteiger partial charge in [-0.2, -0.15) is 5.10 Å². The maximum atomic E-state index is 14.5. The highest BCUT2D eigenvalue weighted by Gasteiger charge is 2.55. The van der Waals surface area contributed by atoms with Crippen LogP contribution in [0, 0.1) is 0 Å². The molecule has 0 unspecified atom stereocenters. The zero-order valence-corrected chi connectivity index (χ0v) is 11.5. The number of hydrogen-bond donors (Lipinski definition) is 3. The molecule has 4 atom stereocenters. The second kappa shape index (κ2) is 4.90. The SMILES string of the molecule is CC[C@]1(CO)O[C@@H](c2ccc3c(N)ncnn23)[C@H](F)[C@@H]1O. The molecule has 0 spiro atoms. The van der Waals surface area contributed by atoms with E-state index in [1.165, 1.54) is 10.8 Å². The van der Waals surface area contributed by atoms with Gasteiger partial charge in [0.15, 0.2) is 12.0 Å². The number of nitrogens with two attached hydrogens (primary N) is 1. The van der Waals surface area contributed by atoms with Crippen molar-refractivity contribution in [2.45, 2.75) is 37.3 Å². The molecule has 3 heterocycles. The van der Waals surface area contributed by atoms with Crippen LogP contribution in [0.25, 0.3) is 5.52 Å². The van der Waals surface area contributed by atoms with Crippen molar-refractivity contribution in [1.29, 1.82) is 0 Å². The number of aliphatic hydroxyl groups is 2. The topological polar surface area (TPSA) is 106 Å². The number of nitrogens with zero attached hydrogens (tertiary/aromatic N) is 3. The number of nitrogen functional groups attached to an aromatic ring is 1. The Labute approximate surface area is 120 Å². The fourth-order valence-corrected chi connectivity index (χ4v) is 2.79. The number of aliphatic hydroxyl groups excluding tert-OH is 2. The van der Waals surface area contributed by atoms with Gasteiger partial charge in [-0.25, -0.2) is 13.9 Å². The van der Waals surface area contributed by atoms with E-state index in [0.717, 1.165) is 0 Å². The zero-order valence-electron chi connectivity index (χ0n) is 11.5. The van der Waals surface area contributed by atoms with Crippen molar-refractivity contribution in [2.24, 2.45) is 0 Å². The first-order valence-electron chi connectivity index (χ1n) is 6.73. The molecule has 0 aliphatic carbocycles. The van der Waals surface area contributed by atoms with Crippen LogP contribution in [0.15, 0.2) is 18.5 Å². The molecule has 0 aromatic carbocycles. The molecule has 21 heavy (non-hydrogen) atoms. The van der Waals surface area contributed by atoms with Crippen molar-refractivity contribution in [3.05, 3.63) is 24.2 Å². The molecule has 7 nitrogen and oxygen atoms in total. The van der Waals surface area contributed by atoms with Gasteiger partial charge in [0.2, 0.25) is 0 Å². The first kappa shape index (κ1) is 14.2. The molecule has 3 rings (SSSR count). The molecule has 0 bridgehead atoms. The van der Waals surface area contributed by atoms with Crippen molar-refractivity contribution in [2.75, 3.05) is 12.3 Å². The second-order valence-electron chi connectivity index (χ2n) is 5.20. The minimum Gasteiger partial charge on any atom is -0.393 e. The van der Waals surface area contributed by atoms with Crippen molar-refractivity contribution < 1.29 is 19.3 Å². The van der Waals surface area contributed by atoms with Gasteiger partial charge in [-0.05, 0) is 18.6 Å². The smallest absolute Gasteiger partial charge is 0.160 e. The fourth-order valence-electron chi connectivity index (χ4n) is 2.79. The molecule has 1 aliphatic rings. The van der Waals surface area contributed by atoms with Gasteiger partial charge >= 0.3 is 0 Å². The summed E-state index contributed by atoms with van der Waals surface area (Å²) in [5.41, 5.74) is 5.40. The Hall–Kier alpha value is -1.77.